The van der Waals surface area contributed by atoms with E-state index in [-0.39, 0.29) is 182 Å². The Morgan fingerprint density at radius 1 is 0.608 bits per heavy atom. The number of anilines is 3. The van der Waals surface area contributed by atoms with Gasteiger partial charge in [-0.25, -0.2) is 14.4 Å². The number of aromatic nitrogens is 1. The Morgan fingerprint density at radius 2 is 1.12 bits per heavy atom. The summed E-state index contributed by atoms with van der Waals surface area (Å²) in [7, 11) is 1.20. The van der Waals surface area contributed by atoms with Gasteiger partial charge in [0.15, 0.2) is 45.4 Å². The Balaban J connectivity index is 0.938. The van der Waals surface area contributed by atoms with Crippen LogP contribution in [-0.2, 0) is 67.3 Å². The molecule has 4 atom stereocenters. The van der Waals surface area contributed by atoms with Crippen LogP contribution in [-0.4, -0.2) is 205 Å². The largest absolute Gasteiger partial charge is 0.493 e. The second-order valence-electron chi connectivity index (χ2n) is 33.8. The molecule has 4 heterocycles. The molecule has 0 saturated carbocycles. The minimum absolute atomic E-state index is 0.0440. The summed E-state index contributed by atoms with van der Waals surface area (Å²) in [5.41, 5.74) is 8.54. The van der Waals surface area contributed by atoms with Crippen molar-refractivity contribution in [1.82, 2.24) is 35.2 Å². The van der Waals surface area contributed by atoms with E-state index in [1.165, 1.54) is 68.4 Å². The molecular formula is C86H119N11O21Si2. The molecule has 8 rings (SSSR count). The van der Waals surface area contributed by atoms with Crippen LogP contribution >= 0.6 is 0 Å². The standard InChI is InChI=1S/C86H119N11O21Si2/c1-52(2)75(93-72(99)27-21-19-22-35-95-73(100)32-33-74(95)101)79(104)90-63(26-25-34-88-82(87)107)78(103)89-56-30-28-55(29-31-56)48-115-83(108)91-64-43-69(67(110-12)41-60(64)80(105)96-46-53(3)38-58(96)50-117-119(15,16)85(5,6)7)113-36-23-20-24-37-114-70-44-65(92-84(109)116-49-57-40-62-76(94(57)11)66(98)45-71(112-14)77(62)102)61(42-68(70)111-13)81(106)97-47-54(4)39-59(97)51-118-120(17,18)86(8,9)10/h28-33,40-45,52,58-59,63,75H,3-4,19-27,34-39,46-51H2,1-2,5-18H3,(H,89,103)(H,90,104)(H,91,108)(H,92,109)(H,93,99)(H3,87,88,107)/t58-,59-,63-,75-/m0/s1. The molecule has 2 fully saturated rings. The molecule has 1 aliphatic carbocycles. The zero-order chi connectivity index (χ0) is 88.3. The number of Topliss-reactive ketones (excluding diaryl/α,β-unsaturated/α-hetero) is 1. The van der Waals surface area contributed by atoms with Gasteiger partial charge in [-0.1, -0.05) is 98.2 Å². The number of fused-ring (bicyclic) bond motifs is 1. The predicted molar refractivity (Wildman–Crippen MR) is 456 cm³/mol. The SMILES string of the molecule is C=C1C[C@@H](CO[Si](C)(C)C(C)(C)C)N(C(=O)c2cc(OC)c(OCCCCCOc3cc(NC(=O)OCc4cc5c(n4C)C(=O)C=C(OC)C5=O)c(C(=O)N4CC(=C)C[C@H]4CO[Si](C)(C)C(C)(C)C)cc3OC)cc2NC(=O)OCc2ccc(NC(=O)[C@H](CCCNC(N)=O)NC(=O)[C@@H](NC(=O)CCCCCN3C(=O)C=CC3=O)C(C)C)cc2)C1. The van der Waals surface area contributed by atoms with Crippen LogP contribution in [0.1, 0.15) is 179 Å². The number of likely N-dealkylation sites (tertiary alicyclic amines) is 2. The third-order valence-corrected chi connectivity index (χ3v) is 31.5. The number of nitrogens with zero attached hydrogens (tertiary/aromatic N) is 4. The summed E-state index contributed by atoms with van der Waals surface area (Å²) in [6, 6.07) is 10.2. The van der Waals surface area contributed by atoms with Crippen molar-refractivity contribution in [2.75, 3.05) is 89.9 Å². The monoisotopic (exact) mass is 1700 g/mol. The minimum atomic E-state index is -2.28. The number of nitrogens with two attached hydrogens (primary N) is 1. The maximum Gasteiger partial charge on any atom is 0.412 e. The number of hydrogen-bond donors (Lipinski definition) is 7. The zero-order valence-electron chi connectivity index (χ0n) is 72.0. The van der Waals surface area contributed by atoms with E-state index in [1.54, 1.807) is 55.0 Å². The first-order chi connectivity index (χ1) is 56.5. The lowest BCUT2D eigenvalue weighted by Crippen LogP contribution is -2.54. The maximum absolute atomic E-state index is 15.0. The number of amides is 11. The summed E-state index contributed by atoms with van der Waals surface area (Å²) < 4.78 is 55.8. The topological polar surface area (TPSA) is 401 Å². The summed E-state index contributed by atoms with van der Waals surface area (Å²) >= 11 is 0. The second-order valence-corrected chi connectivity index (χ2v) is 43.4. The van der Waals surface area contributed by atoms with Crippen molar-refractivity contribution in [1.29, 1.82) is 0 Å². The lowest BCUT2D eigenvalue weighted by Gasteiger charge is -2.38. The molecule has 652 valence electrons. The van der Waals surface area contributed by atoms with Gasteiger partial charge in [-0.05, 0) is 136 Å². The second kappa shape index (κ2) is 41.7. The summed E-state index contributed by atoms with van der Waals surface area (Å²) in [5.74, 6) is -3.93. The van der Waals surface area contributed by atoms with Crippen molar-refractivity contribution in [2.45, 2.75) is 200 Å². The van der Waals surface area contributed by atoms with E-state index < -0.39 is 94.0 Å². The Bertz CT molecular complexity index is 4560. The van der Waals surface area contributed by atoms with Gasteiger partial charge >= 0.3 is 18.2 Å². The number of unbranched alkanes of at least 4 members (excludes halogenated alkanes) is 4. The highest BCUT2D eigenvalue weighted by Gasteiger charge is 2.43. The first kappa shape index (κ1) is 94.4. The van der Waals surface area contributed by atoms with Gasteiger partial charge in [0.1, 0.15) is 31.0 Å². The minimum Gasteiger partial charge on any atom is -0.493 e. The summed E-state index contributed by atoms with van der Waals surface area (Å²) in [5, 5.41) is 16.2. The Hall–Kier alpha value is -11.1. The van der Waals surface area contributed by atoms with Crippen LogP contribution in [0.25, 0.3) is 0 Å². The van der Waals surface area contributed by atoms with Crippen molar-refractivity contribution in [2.24, 2.45) is 18.7 Å². The molecule has 120 heavy (non-hydrogen) atoms. The van der Waals surface area contributed by atoms with E-state index in [2.05, 4.69) is 113 Å². The lowest BCUT2D eigenvalue weighted by molar-refractivity contribution is -0.137. The molecule has 32 nitrogen and oxygen atoms in total. The molecule has 3 aromatic carbocycles. The first-order valence-electron chi connectivity index (χ1n) is 40.5. The molecule has 11 amide bonds. The lowest BCUT2D eigenvalue weighted by atomic mass is 10.0. The summed E-state index contributed by atoms with van der Waals surface area (Å²) in [6.45, 7) is 34.3. The number of imide groups is 1. The van der Waals surface area contributed by atoms with Crippen LogP contribution in [0.4, 0.5) is 31.4 Å². The van der Waals surface area contributed by atoms with Gasteiger partial charge in [0.2, 0.25) is 29.3 Å². The number of nitrogens with one attached hydrogen (secondary N) is 6. The van der Waals surface area contributed by atoms with E-state index in [9.17, 15) is 52.7 Å². The molecule has 0 bridgehead atoms. The van der Waals surface area contributed by atoms with E-state index in [1.807, 2.05) is 0 Å². The van der Waals surface area contributed by atoms with Crippen molar-refractivity contribution < 1.29 is 99.5 Å². The quantitative estimate of drug-likeness (QED) is 0.00939. The van der Waals surface area contributed by atoms with Crippen LogP contribution < -0.4 is 56.6 Å². The van der Waals surface area contributed by atoms with Crippen molar-refractivity contribution in [3.63, 3.8) is 0 Å². The van der Waals surface area contributed by atoms with E-state index in [0.29, 0.717) is 68.3 Å². The Labute approximate surface area is 703 Å². The summed E-state index contributed by atoms with van der Waals surface area (Å²) in [6.07, 6.45) is 5.98. The van der Waals surface area contributed by atoms with E-state index >= 15 is 4.79 Å². The fraction of sp³-hybridized carbons (Fsp3) is 0.512. The molecule has 34 heteroatoms. The molecule has 4 aliphatic rings. The molecule has 2 saturated heterocycles. The number of primary amides is 1. The van der Waals surface area contributed by atoms with Gasteiger partial charge < -0.3 is 83.4 Å². The van der Waals surface area contributed by atoms with E-state index in [0.717, 1.165) is 22.1 Å². The molecule has 3 aliphatic heterocycles. The highest BCUT2D eigenvalue weighted by Crippen LogP contribution is 2.42. The number of carbonyl (C=O) groups excluding carboxylic acids is 12. The van der Waals surface area contributed by atoms with Gasteiger partial charge in [0.25, 0.3) is 23.6 Å². The number of benzene rings is 3. The van der Waals surface area contributed by atoms with Crippen LogP contribution in [0.15, 0.2) is 103 Å². The van der Waals surface area contributed by atoms with Crippen LogP contribution in [0.5, 0.6) is 23.0 Å². The maximum atomic E-state index is 15.0. The number of urea groups is 1. The fourth-order valence-corrected chi connectivity index (χ4v) is 15.4. The highest BCUT2D eigenvalue weighted by atomic mass is 28.4. The molecule has 8 N–H and O–H groups in total. The predicted octanol–water partition coefficient (Wildman–Crippen LogP) is 12.2. The normalized spacial score (nSPS) is 16.0. The highest BCUT2D eigenvalue weighted by molar-refractivity contribution is 6.74. The van der Waals surface area contributed by atoms with Gasteiger partial charge in [0, 0.05) is 75.7 Å². The average molecular weight is 1700 g/mol. The van der Waals surface area contributed by atoms with Crippen LogP contribution in [0.3, 0.4) is 0 Å². The first-order valence-corrected chi connectivity index (χ1v) is 46.3. The van der Waals surface area contributed by atoms with Crippen molar-refractivity contribution in [3.8, 4) is 23.0 Å². The number of rotatable bonds is 41. The molecule has 0 radical (unpaired) electrons. The fourth-order valence-electron chi connectivity index (χ4n) is 13.4. The molecular weight excluding hydrogens is 1580 g/mol. The number of carbonyl (C=O) groups is 12. The number of methoxy groups -OCH3 is 3. The Morgan fingerprint density at radius 3 is 1.60 bits per heavy atom. The number of ketones is 2. The van der Waals surface area contributed by atoms with Gasteiger partial charge in [-0.3, -0.25) is 58.7 Å². The molecule has 4 aromatic rings. The number of allylic oxidation sites excluding steroid dienone is 2. The third-order valence-electron chi connectivity index (χ3n) is 22.5. The molecule has 1 aromatic heterocycles. The van der Waals surface area contributed by atoms with Gasteiger partial charge in [-0.2, -0.15) is 0 Å². The number of hydrogen-bond acceptors (Lipinski definition) is 21. The Kier molecular flexibility index (Phi) is 32.8. The molecule has 0 unspecified atom stereocenters. The summed E-state index contributed by atoms with van der Waals surface area (Å²) in [4.78, 5) is 165. The van der Waals surface area contributed by atoms with Crippen molar-refractivity contribution in [3.05, 3.63) is 137 Å². The third kappa shape index (κ3) is 25.0. The molecule has 0 spiro atoms. The zero-order valence-corrected chi connectivity index (χ0v) is 74.0. The van der Waals surface area contributed by atoms with E-state index in [4.69, 9.17) is 47.7 Å². The van der Waals surface area contributed by atoms with Gasteiger partial charge in [0.05, 0.1) is 93.6 Å². The van der Waals surface area contributed by atoms with Crippen LogP contribution in [0, 0.1) is 5.92 Å². The van der Waals surface area contributed by atoms with Crippen LogP contribution in [0.2, 0.25) is 36.3 Å². The number of ether oxygens (including phenoxy) is 7. The van der Waals surface area contributed by atoms with Crippen molar-refractivity contribution >= 4 is 105 Å². The average Bonchev–Trinajstić information content (AvgIpc) is 1.55. The van der Waals surface area contributed by atoms with Gasteiger partial charge in [-0.15, -0.1) is 0 Å². The smallest absolute Gasteiger partial charge is 0.412 e.